The van der Waals surface area contributed by atoms with Crippen molar-refractivity contribution in [3.05, 3.63) is 64.4 Å². The third kappa shape index (κ3) is 3.71. The van der Waals surface area contributed by atoms with Crippen LogP contribution in [-0.4, -0.2) is 27.5 Å². The molecule has 0 saturated carbocycles. The molecule has 0 unspecified atom stereocenters. The molecule has 4 rings (SSSR count). The fourth-order valence-corrected chi connectivity index (χ4v) is 4.26. The van der Waals surface area contributed by atoms with Gasteiger partial charge < -0.3 is 14.6 Å². The van der Waals surface area contributed by atoms with Gasteiger partial charge in [0.25, 0.3) is 0 Å². The van der Waals surface area contributed by atoms with Crippen molar-refractivity contribution in [3.63, 3.8) is 0 Å². The molecule has 3 aromatic rings. The number of rotatable bonds is 7. The van der Waals surface area contributed by atoms with E-state index in [1.54, 1.807) is 0 Å². The molecule has 25 heavy (non-hydrogen) atoms. The molecule has 1 N–H and O–H groups in total. The summed E-state index contributed by atoms with van der Waals surface area (Å²) < 4.78 is 10.2. The molecule has 1 aliphatic heterocycles. The molecule has 0 bridgehead atoms. The second-order valence-corrected chi connectivity index (χ2v) is 7.59. The first-order valence-electron chi connectivity index (χ1n) is 8.78. The Kier molecular flexibility index (Phi) is 5.01. The van der Waals surface area contributed by atoms with Crippen molar-refractivity contribution in [2.24, 2.45) is 13.0 Å². The van der Waals surface area contributed by atoms with E-state index in [-0.39, 0.29) is 6.10 Å². The maximum absolute atomic E-state index is 5.97. The first-order valence-corrected chi connectivity index (χ1v) is 9.66. The Hall–Kier alpha value is -1.89. The van der Waals surface area contributed by atoms with Gasteiger partial charge in [-0.25, -0.2) is 0 Å². The van der Waals surface area contributed by atoms with Crippen LogP contribution in [0.25, 0.3) is 0 Å². The lowest BCUT2D eigenvalue weighted by Gasteiger charge is -2.19. The summed E-state index contributed by atoms with van der Waals surface area (Å²) in [4.78, 5) is 1.39. The number of hydrogen-bond donors (Lipinski definition) is 1. The van der Waals surface area contributed by atoms with Gasteiger partial charge in [0.1, 0.15) is 6.10 Å². The van der Waals surface area contributed by atoms with E-state index >= 15 is 0 Å². The molecule has 0 spiro atoms. The Balaban J connectivity index is 1.34. The van der Waals surface area contributed by atoms with Crippen molar-refractivity contribution in [1.29, 1.82) is 0 Å². The highest BCUT2D eigenvalue weighted by Crippen LogP contribution is 2.33. The number of hydrogen-bond acceptors (Lipinski definition) is 4. The molecule has 5 nitrogen and oxygen atoms in total. The summed E-state index contributed by atoms with van der Waals surface area (Å²) in [7, 11) is 1.99. The molecule has 0 amide bonds. The molecule has 1 saturated heterocycles. The third-order valence-corrected chi connectivity index (χ3v) is 5.77. The SMILES string of the molecule is Cn1nccc1[C@@H]1OCC[C@H]1CNCc1cccn1Cc1cccs1. The normalized spacial score (nSPS) is 20.4. The summed E-state index contributed by atoms with van der Waals surface area (Å²) in [5.74, 6) is 0.496. The fourth-order valence-electron chi connectivity index (χ4n) is 3.55. The number of thiophene rings is 1. The van der Waals surface area contributed by atoms with Gasteiger partial charge in [-0.15, -0.1) is 11.3 Å². The van der Waals surface area contributed by atoms with Gasteiger partial charge in [0, 0.05) is 55.6 Å². The van der Waals surface area contributed by atoms with Gasteiger partial charge >= 0.3 is 0 Å². The first-order chi connectivity index (χ1) is 12.3. The van der Waals surface area contributed by atoms with Crippen LogP contribution in [0.15, 0.2) is 48.1 Å². The zero-order valence-corrected chi connectivity index (χ0v) is 15.3. The average molecular weight is 356 g/mol. The van der Waals surface area contributed by atoms with Crippen LogP contribution >= 0.6 is 11.3 Å². The molecular formula is C19H24N4OS. The van der Waals surface area contributed by atoms with Gasteiger partial charge in [-0.05, 0) is 36.1 Å². The topological polar surface area (TPSA) is 44.0 Å². The van der Waals surface area contributed by atoms with Gasteiger partial charge in [0.15, 0.2) is 0 Å². The van der Waals surface area contributed by atoms with Crippen molar-refractivity contribution in [1.82, 2.24) is 19.7 Å². The zero-order valence-electron chi connectivity index (χ0n) is 14.5. The van der Waals surface area contributed by atoms with Gasteiger partial charge in [-0.3, -0.25) is 4.68 Å². The van der Waals surface area contributed by atoms with E-state index in [0.717, 1.165) is 32.7 Å². The minimum atomic E-state index is 0.151. The molecule has 1 fully saturated rings. The highest BCUT2D eigenvalue weighted by atomic mass is 32.1. The van der Waals surface area contributed by atoms with Gasteiger partial charge in [0.2, 0.25) is 0 Å². The minimum Gasteiger partial charge on any atom is -0.372 e. The summed E-state index contributed by atoms with van der Waals surface area (Å²) in [6.07, 6.45) is 5.25. The van der Waals surface area contributed by atoms with Gasteiger partial charge in [0.05, 0.1) is 12.2 Å². The largest absolute Gasteiger partial charge is 0.372 e. The van der Waals surface area contributed by atoms with Crippen molar-refractivity contribution < 1.29 is 4.74 Å². The number of nitrogens with one attached hydrogen (secondary N) is 1. The smallest absolute Gasteiger partial charge is 0.103 e. The Morgan fingerprint density at radius 3 is 3.08 bits per heavy atom. The second kappa shape index (κ2) is 7.56. The molecule has 0 aliphatic carbocycles. The fraction of sp³-hybridized carbons (Fsp3) is 0.421. The number of aromatic nitrogens is 3. The second-order valence-electron chi connectivity index (χ2n) is 6.56. The lowest BCUT2D eigenvalue weighted by Crippen LogP contribution is -2.26. The predicted octanol–water partition coefficient (Wildman–Crippen LogP) is 3.20. The van der Waals surface area contributed by atoms with Crippen LogP contribution in [0.4, 0.5) is 0 Å². The zero-order chi connectivity index (χ0) is 17.1. The van der Waals surface area contributed by atoms with E-state index in [1.165, 1.54) is 16.3 Å². The minimum absolute atomic E-state index is 0.151. The molecule has 1 aliphatic rings. The quantitative estimate of drug-likeness (QED) is 0.707. The maximum Gasteiger partial charge on any atom is 0.103 e. The lowest BCUT2D eigenvalue weighted by atomic mass is 9.99. The van der Waals surface area contributed by atoms with Crippen LogP contribution in [0.5, 0.6) is 0 Å². The standard InChI is InChI=1S/C19H24N4OS/c1-22-18(6-8-21-22)19-15(7-10-24-19)12-20-13-16-4-2-9-23(16)14-17-5-3-11-25-17/h2-6,8-9,11,15,19-20H,7,10,12-14H2,1H3/t15-,19+/m0/s1. The Morgan fingerprint density at radius 1 is 1.32 bits per heavy atom. The predicted molar refractivity (Wildman–Crippen MR) is 99.6 cm³/mol. The molecule has 0 radical (unpaired) electrons. The molecule has 2 atom stereocenters. The number of nitrogens with zero attached hydrogens (tertiary/aromatic N) is 3. The summed E-state index contributed by atoms with van der Waals surface area (Å²) in [6.45, 7) is 3.62. The van der Waals surface area contributed by atoms with Crippen molar-refractivity contribution >= 4 is 11.3 Å². The average Bonchev–Trinajstić information content (AvgIpc) is 3.37. The van der Waals surface area contributed by atoms with Crippen molar-refractivity contribution in [2.45, 2.75) is 25.6 Å². The molecule has 132 valence electrons. The highest BCUT2D eigenvalue weighted by Gasteiger charge is 2.31. The number of aryl methyl sites for hydroxylation is 1. The molecule has 3 aromatic heterocycles. The first kappa shape index (κ1) is 16.6. The van der Waals surface area contributed by atoms with E-state index < -0.39 is 0 Å². The van der Waals surface area contributed by atoms with Crippen LogP contribution in [0.2, 0.25) is 0 Å². The molecule has 0 aromatic carbocycles. The lowest BCUT2D eigenvalue weighted by molar-refractivity contribution is 0.0837. The summed E-state index contributed by atoms with van der Waals surface area (Å²) in [6, 6.07) is 10.7. The molecular weight excluding hydrogens is 332 g/mol. The van der Waals surface area contributed by atoms with E-state index in [9.17, 15) is 0 Å². The molecule has 4 heterocycles. The Bertz CT molecular complexity index is 792. The van der Waals surface area contributed by atoms with Crippen LogP contribution in [0.3, 0.4) is 0 Å². The summed E-state index contributed by atoms with van der Waals surface area (Å²) >= 11 is 1.81. The van der Waals surface area contributed by atoms with Crippen LogP contribution in [0.1, 0.15) is 28.8 Å². The highest BCUT2D eigenvalue weighted by molar-refractivity contribution is 7.09. The van der Waals surface area contributed by atoms with E-state index in [4.69, 9.17) is 4.74 Å². The van der Waals surface area contributed by atoms with E-state index in [1.807, 2.05) is 29.3 Å². The van der Waals surface area contributed by atoms with Crippen molar-refractivity contribution in [2.75, 3.05) is 13.2 Å². The summed E-state index contributed by atoms with van der Waals surface area (Å²) in [5.41, 5.74) is 2.50. The van der Waals surface area contributed by atoms with Gasteiger partial charge in [-0.2, -0.15) is 5.10 Å². The monoisotopic (exact) mass is 356 g/mol. The number of ether oxygens (including phenoxy) is 1. The Morgan fingerprint density at radius 2 is 2.28 bits per heavy atom. The van der Waals surface area contributed by atoms with Crippen LogP contribution < -0.4 is 5.32 Å². The maximum atomic E-state index is 5.97. The third-order valence-electron chi connectivity index (χ3n) is 4.91. The van der Waals surface area contributed by atoms with Gasteiger partial charge in [-0.1, -0.05) is 6.07 Å². The van der Waals surface area contributed by atoms with E-state index in [0.29, 0.717) is 5.92 Å². The van der Waals surface area contributed by atoms with Crippen molar-refractivity contribution in [3.8, 4) is 0 Å². The Labute approximate surface area is 152 Å². The van der Waals surface area contributed by atoms with Crippen LogP contribution in [0, 0.1) is 5.92 Å². The van der Waals surface area contributed by atoms with Crippen LogP contribution in [-0.2, 0) is 24.9 Å². The summed E-state index contributed by atoms with van der Waals surface area (Å²) in [5, 5.41) is 10.0. The van der Waals surface area contributed by atoms with E-state index in [2.05, 4.69) is 56.9 Å². The molecule has 6 heteroatoms.